The molecule has 0 saturated heterocycles. The molecule has 1 saturated carbocycles. The van der Waals surface area contributed by atoms with Gasteiger partial charge in [-0.15, -0.1) is 0 Å². The quantitative estimate of drug-likeness (QED) is 0.808. The van der Waals surface area contributed by atoms with Gasteiger partial charge >= 0.3 is 0 Å². The monoisotopic (exact) mass is 316 g/mol. The van der Waals surface area contributed by atoms with Gasteiger partial charge in [-0.05, 0) is 74.2 Å². The molecule has 24 heavy (non-hydrogen) atoms. The van der Waals surface area contributed by atoms with Crippen LogP contribution in [0.2, 0.25) is 0 Å². The van der Waals surface area contributed by atoms with Crippen LogP contribution in [0, 0.1) is 22.7 Å². The number of rotatable bonds is 4. The van der Waals surface area contributed by atoms with E-state index in [4.69, 9.17) is 10.5 Å². The SMILES string of the molecule is N#Cc1ccc(NC2(Nc3ccc(C#N)cc3)CCCCC2)cc1. The first kappa shape index (κ1) is 15.9. The second kappa shape index (κ2) is 7.06. The molecule has 0 bridgehead atoms. The second-order valence-electron chi connectivity index (χ2n) is 6.27. The summed E-state index contributed by atoms with van der Waals surface area (Å²) in [5.41, 5.74) is 3.16. The molecule has 1 aliphatic carbocycles. The molecule has 0 aliphatic heterocycles. The van der Waals surface area contributed by atoms with Crippen LogP contribution < -0.4 is 10.6 Å². The predicted octanol–water partition coefficient (Wildman–Crippen LogP) is 4.61. The Kier molecular flexibility index (Phi) is 4.68. The van der Waals surface area contributed by atoms with Gasteiger partial charge in [-0.25, -0.2) is 0 Å². The maximum atomic E-state index is 8.93. The Hall–Kier alpha value is -2.98. The van der Waals surface area contributed by atoms with Crippen molar-refractivity contribution in [1.82, 2.24) is 0 Å². The van der Waals surface area contributed by atoms with Gasteiger partial charge in [0, 0.05) is 11.4 Å². The number of benzene rings is 2. The van der Waals surface area contributed by atoms with Crippen molar-refractivity contribution in [3.05, 3.63) is 59.7 Å². The van der Waals surface area contributed by atoms with Crippen LogP contribution in [0.15, 0.2) is 48.5 Å². The van der Waals surface area contributed by atoms with Crippen molar-refractivity contribution < 1.29 is 0 Å². The first-order valence-electron chi connectivity index (χ1n) is 8.30. The molecule has 0 heterocycles. The third-order valence-corrected chi connectivity index (χ3v) is 4.50. The minimum absolute atomic E-state index is 0.194. The van der Waals surface area contributed by atoms with E-state index in [2.05, 4.69) is 22.8 Å². The number of hydrogen-bond acceptors (Lipinski definition) is 4. The molecule has 0 unspecified atom stereocenters. The topological polar surface area (TPSA) is 71.6 Å². The molecule has 120 valence electrons. The molecular weight excluding hydrogens is 296 g/mol. The molecule has 4 nitrogen and oxygen atoms in total. The predicted molar refractivity (Wildman–Crippen MR) is 95.4 cm³/mol. The normalized spacial score (nSPS) is 15.8. The van der Waals surface area contributed by atoms with E-state index in [1.807, 2.05) is 48.5 Å². The molecule has 1 aliphatic rings. The van der Waals surface area contributed by atoms with Crippen molar-refractivity contribution in [1.29, 1.82) is 10.5 Å². The molecule has 0 amide bonds. The maximum Gasteiger partial charge on any atom is 0.108 e. The van der Waals surface area contributed by atoms with Crippen molar-refractivity contribution in [2.75, 3.05) is 10.6 Å². The van der Waals surface area contributed by atoms with Crippen molar-refractivity contribution in [3.63, 3.8) is 0 Å². The highest BCUT2D eigenvalue weighted by Crippen LogP contribution is 2.33. The molecule has 0 aromatic heterocycles. The van der Waals surface area contributed by atoms with Crippen LogP contribution in [-0.2, 0) is 0 Å². The van der Waals surface area contributed by atoms with E-state index < -0.39 is 0 Å². The lowest BCUT2D eigenvalue weighted by Crippen LogP contribution is -2.47. The van der Waals surface area contributed by atoms with Crippen LogP contribution in [0.1, 0.15) is 43.2 Å². The van der Waals surface area contributed by atoms with Crippen LogP contribution in [-0.4, -0.2) is 5.66 Å². The maximum absolute atomic E-state index is 8.93. The average molecular weight is 316 g/mol. The summed E-state index contributed by atoms with van der Waals surface area (Å²) < 4.78 is 0. The smallest absolute Gasteiger partial charge is 0.108 e. The number of hydrogen-bond donors (Lipinski definition) is 2. The third-order valence-electron chi connectivity index (χ3n) is 4.50. The van der Waals surface area contributed by atoms with Gasteiger partial charge in [0.1, 0.15) is 5.66 Å². The van der Waals surface area contributed by atoms with Crippen LogP contribution in [0.5, 0.6) is 0 Å². The van der Waals surface area contributed by atoms with Crippen molar-refractivity contribution in [3.8, 4) is 12.1 Å². The fourth-order valence-corrected chi connectivity index (χ4v) is 3.25. The molecule has 2 aromatic carbocycles. The molecular formula is C20H20N4. The average Bonchev–Trinajstić information content (AvgIpc) is 2.64. The molecule has 0 atom stereocenters. The first-order chi connectivity index (χ1) is 11.7. The van der Waals surface area contributed by atoms with Crippen molar-refractivity contribution >= 4 is 11.4 Å². The lowest BCUT2D eigenvalue weighted by Gasteiger charge is -2.40. The second-order valence-corrected chi connectivity index (χ2v) is 6.27. The molecule has 2 N–H and O–H groups in total. The summed E-state index contributed by atoms with van der Waals surface area (Å²) in [6.45, 7) is 0. The molecule has 2 aromatic rings. The van der Waals surface area contributed by atoms with Crippen LogP contribution in [0.25, 0.3) is 0 Å². The van der Waals surface area contributed by atoms with Gasteiger partial charge in [0.2, 0.25) is 0 Å². The minimum Gasteiger partial charge on any atom is -0.363 e. The van der Waals surface area contributed by atoms with E-state index in [-0.39, 0.29) is 5.66 Å². The summed E-state index contributed by atoms with van der Waals surface area (Å²) in [6.07, 6.45) is 5.67. The van der Waals surface area contributed by atoms with Gasteiger partial charge in [0.05, 0.1) is 23.3 Å². The largest absolute Gasteiger partial charge is 0.363 e. The van der Waals surface area contributed by atoms with Gasteiger partial charge in [0.15, 0.2) is 0 Å². The van der Waals surface area contributed by atoms with Gasteiger partial charge in [-0.2, -0.15) is 10.5 Å². The Morgan fingerprint density at radius 1 is 0.667 bits per heavy atom. The van der Waals surface area contributed by atoms with E-state index in [1.165, 1.54) is 19.3 Å². The highest BCUT2D eigenvalue weighted by Gasteiger charge is 2.31. The molecule has 0 radical (unpaired) electrons. The zero-order valence-electron chi connectivity index (χ0n) is 13.5. The van der Waals surface area contributed by atoms with Crippen LogP contribution in [0.4, 0.5) is 11.4 Å². The summed E-state index contributed by atoms with van der Waals surface area (Å²) in [4.78, 5) is 0. The zero-order valence-corrected chi connectivity index (χ0v) is 13.5. The highest BCUT2D eigenvalue weighted by molar-refractivity contribution is 5.54. The Bertz CT molecular complexity index is 696. The number of nitrogens with zero attached hydrogens (tertiary/aromatic N) is 2. The minimum atomic E-state index is -0.194. The standard InChI is InChI=1S/C20H20N4/c21-14-16-4-8-18(9-5-16)23-20(12-2-1-3-13-20)24-19-10-6-17(15-22)7-11-19/h4-11,23-24H,1-3,12-13H2. The van der Waals surface area contributed by atoms with Crippen LogP contribution >= 0.6 is 0 Å². The lowest BCUT2D eigenvalue weighted by molar-refractivity contribution is 0.359. The fourth-order valence-electron chi connectivity index (χ4n) is 3.25. The summed E-state index contributed by atoms with van der Waals surface area (Å²) in [7, 11) is 0. The van der Waals surface area contributed by atoms with Gasteiger partial charge in [-0.1, -0.05) is 6.42 Å². The number of anilines is 2. The molecule has 1 fully saturated rings. The fraction of sp³-hybridized carbons (Fsp3) is 0.300. The Morgan fingerprint density at radius 3 is 1.46 bits per heavy atom. The summed E-state index contributed by atoms with van der Waals surface area (Å²) in [6, 6.07) is 19.4. The molecule has 4 heteroatoms. The van der Waals surface area contributed by atoms with Crippen molar-refractivity contribution in [2.45, 2.75) is 37.8 Å². The number of nitrogens with one attached hydrogen (secondary N) is 2. The Labute approximate surface area is 142 Å². The highest BCUT2D eigenvalue weighted by atomic mass is 15.2. The van der Waals surface area contributed by atoms with Gasteiger partial charge < -0.3 is 10.6 Å². The first-order valence-corrected chi connectivity index (χ1v) is 8.30. The summed E-state index contributed by atoms with van der Waals surface area (Å²) in [5, 5.41) is 25.1. The van der Waals surface area contributed by atoms with E-state index in [1.54, 1.807) is 0 Å². The Balaban J connectivity index is 1.80. The van der Waals surface area contributed by atoms with E-state index in [9.17, 15) is 0 Å². The lowest BCUT2D eigenvalue weighted by atomic mass is 9.88. The van der Waals surface area contributed by atoms with Crippen LogP contribution in [0.3, 0.4) is 0 Å². The van der Waals surface area contributed by atoms with E-state index >= 15 is 0 Å². The number of nitriles is 2. The van der Waals surface area contributed by atoms with E-state index in [0.29, 0.717) is 11.1 Å². The van der Waals surface area contributed by atoms with E-state index in [0.717, 1.165) is 24.2 Å². The Morgan fingerprint density at radius 2 is 1.08 bits per heavy atom. The third kappa shape index (κ3) is 3.67. The summed E-state index contributed by atoms with van der Waals surface area (Å²) >= 11 is 0. The summed E-state index contributed by atoms with van der Waals surface area (Å²) in [5.74, 6) is 0. The molecule has 3 rings (SSSR count). The molecule has 0 spiro atoms. The van der Waals surface area contributed by atoms with Crippen molar-refractivity contribution in [2.24, 2.45) is 0 Å². The zero-order chi connectivity index (χ0) is 16.8. The van der Waals surface area contributed by atoms with Gasteiger partial charge in [-0.3, -0.25) is 0 Å². The van der Waals surface area contributed by atoms with Gasteiger partial charge in [0.25, 0.3) is 0 Å².